The van der Waals surface area contributed by atoms with Crippen LogP contribution in [0.2, 0.25) is 0 Å². The molecule has 15 heavy (non-hydrogen) atoms. The van der Waals surface area contributed by atoms with Crippen molar-refractivity contribution in [3.05, 3.63) is 42.2 Å². The molecule has 0 saturated carbocycles. The summed E-state index contributed by atoms with van der Waals surface area (Å²) in [6.07, 6.45) is 1.33. The van der Waals surface area contributed by atoms with Crippen molar-refractivity contribution in [2.75, 3.05) is 6.61 Å². The third-order valence-electron chi connectivity index (χ3n) is 1.63. The van der Waals surface area contributed by atoms with Gasteiger partial charge >= 0.3 is 5.97 Å². The van der Waals surface area contributed by atoms with Crippen LogP contribution in [0.4, 0.5) is 0 Å². The number of carbonyl (C=O) groups excluding carboxylic acids is 1. The van der Waals surface area contributed by atoms with Crippen molar-refractivity contribution in [2.45, 2.75) is 13.8 Å². The number of para-hydroxylation sites is 1. The first-order valence-corrected chi connectivity index (χ1v) is 4.80. The summed E-state index contributed by atoms with van der Waals surface area (Å²) in [5.41, 5.74) is 0. The van der Waals surface area contributed by atoms with Crippen LogP contribution in [0.3, 0.4) is 0 Å². The molecule has 1 aromatic rings. The van der Waals surface area contributed by atoms with E-state index in [1.54, 1.807) is 13.8 Å². The Morgan fingerprint density at radius 2 is 2.00 bits per heavy atom. The van der Waals surface area contributed by atoms with Crippen molar-refractivity contribution in [3.63, 3.8) is 0 Å². The second-order valence-corrected chi connectivity index (χ2v) is 2.92. The molecule has 0 saturated heterocycles. The first-order chi connectivity index (χ1) is 7.22. The van der Waals surface area contributed by atoms with Crippen molar-refractivity contribution < 1.29 is 14.3 Å². The van der Waals surface area contributed by atoms with E-state index in [1.807, 2.05) is 30.3 Å². The van der Waals surface area contributed by atoms with Crippen LogP contribution in [-0.2, 0) is 9.53 Å². The van der Waals surface area contributed by atoms with Crippen LogP contribution in [0.25, 0.3) is 0 Å². The Morgan fingerprint density at radius 3 is 2.60 bits per heavy atom. The van der Waals surface area contributed by atoms with Crippen LogP contribution in [0.5, 0.6) is 5.75 Å². The van der Waals surface area contributed by atoms with Gasteiger partial charge in [0.25, 0.3) is 0 Å². The van der Waals surface area contributed by atoms with Crippen LogP contribution < -0.4 is 4.74 Å². The largest absolute Gasteiger partial charge is 0.463 e. The molecule has 0 aliphatic carbocycles. The molecule has 0 heterocycles. The average Bonchev–Trinajstić information content (AvgIpc) is 2.19. The van der Waals surface area contributed by atoms with Gasteiger partial charge in [0.05, 0.1) is 12.7 Å². The molecule has 3 nitrogen and oxygen atoms in total. The van der Waals surface area contributed by atoms with Crippen LogP contribution in [0.15, 0.2) is 42.2 Å². The van der Waals surface area contributed by atoms with Gasteiger partial charge in [0.15, 0.2) is 0 Å². The predicted molar refractivity (Wildman–Crippen MR) is 57.5 cm³/mol. The number of esters is 1. The molecular weight excluding hydrogens is 192 g/mol. The second-order valence-electron chi connectivity index (χ2n) is 2.92. The first kappa shape index (κ1) is 11.3. The zero-order chi connectivity index (χ0) is 11.1. The summed E-state index contributed by atoms with van der Waals surface area (Å²) in [4.78, 5) is 11.1. The summed E-state index contributed by atoms with van der Waals surface area (Å²) in [5.74, 6) is 0.834. The highest BCUT2D eigenvalue weighted by molar-refractivity contribution is 5.82. The molecule has 0 radical (unpaired) electrons. The number of hydrogen-bond donors (Lipinski definition) is 0. The second kappa shape index (κ2) is 5.86. The van der Waals surface area contributed by atoms with E-state index >= 15 is 0 Å². The fourth-order valence-corrected chi connectivity index (χ4v) is 1.05. The average molecular weight is 206 g/mol. The number of hydrogen-bond acceptors (Lipinski definition) is 3. The van der Waals surface area contributed by atoms with Crippen molar-refractivity contribution in [1.29, 1.82) is 0 Å². The van der Waals surface area contributed by atoms with E-state index in [-0.39, 0.29) is 5.97 Å². The van der Waals surface area contributed by atoms with E-state index in [1.165, 1.54) is 6.08 Å². The third kappa shape index (κ3) is 4.31. The SMILES string of the molecule is CCOC(=O)/C=C(/C)Oc1ccccc1. The van der Waals surface area contributed by atoms with E-state index in [0.29, 0.717) is 18.1 Å². The van der Waals surface area contributed by atoms with Crippen LogP contribution in [0, 0.1) is 0 Å². The maximum Gasteiger partial charge on any atom is 0.334 e. The fourth-order valence-electron chi connectivity index (χ4n) is 1.05. The van der Waals surface area contributed by atoms with Gasteiger partial charge in [0.2, 0.25) is 0 Å². The number of allylic oxidation sites excluding steroid dienone is 1. The van der Waals surface area contributed by atoms with Gasteiger partial charge in [0, 0.05) is 0 Å². The summed E-state index contributed by atoms with van der Waals surface area (Å²) in [6, 6.07) is 9.28. The maximum atomic E-state index is 11.1. The molecule has 0 aliphatic heterocycles. The van der Waals surface area contributed by atoms with Gasteiger partial charge in [-0.25, -0.2) is 4.79 Å². The molecule has 0 aromatic heterocycles. The molecule has 0 bridgehead atoms. The van der Waals surface area contributed by atoms with E-state index in [0.717, 1.165) is 0 Å². The van der Waals surface area contributed by atoms with Gasteiger partial charge in [-0.05, 0) is 26.0 Å². The monoisotopic (exact) mass is 206 g/mol. The molecular formula is C12H14O3. The Kier molecular flexibility index (Phi) is 4.41. The van der Waals surface area contributed by atoms with Gasteiger partial charge < -0.3 is 9.47 Å². The fraction of sp³-hybridized carbons (Fsp3) is 0.250. The first-order valence-electron chi connectivity index (χ1n) is 4.80. The molecule has 3 heteroatoms. The number of rotatable bonds is 4. The summed E-state index contributed by atoms with van der Waals surface area (Å²) >= 11 is 0. The van der Waals surface area contributed by atoms with Gasteiger partial charge in [-0.1, -0.05) is 18.2 Å². The maximum absolute atomic E-state index is 11.1. The molecule has 0 aliphatic rings. The van der Waals surface area contributed by atoms with Gasteiger partial charge in [0.1, 0.15) is 11.5 Å². The van der Waals surface area contributed by atoms with E-state index in [2.05, 4.69) is 0 Å². The zero-order valence-corrected chi connectivity index (χ0v) is 8.90. The topological polar surface area (TPSA) is 35.5 Å². The minimum Gasteiger partial charge on any atom is -0.463 e. The number of ether oxygens (including phenoxy) is 2. The van der Waals surface area contributed by atoms with Crippen molar-refractivity contribution in [1.82, 2.24) is 0 Å². The van der Waals surface area contributed by atoms with Crippen molar-refractivity contribution in [3.8, 4) is 5.75 Å². The summed E-state index contributed by atoms with van der Waals surface area (Å²) in [6.45, 7) is 3.84. The lowest BCUT2D eigenvalue weighted by Gasteiger charge is -2.04. The molecule has 0 N–H and O–H groups in total. The van der Waals surface area contributed by atoms with E-state index in [9.17, 15) is 4.79 Å². The summed E-state index contributed by atoms with van der Waals surface area (Å²) < 4.78 is 10.1. The number of carbonyl (C=O) groups is 1. The molecule has 0 amide bonds. The van der Waals surface area contributed by atoms with Gasteiger partial charge in [-0.3, -0.25) is 0 Å². The lowest BCUT2D eigenvalue weighted by Crippen LogP contribution is -2.02. The normalized spacial score (nSPS) is 10.9. The van der Waals surface area contributed by atoms with Crippen LogP contribution >= 0.6 is 0 Å². The third-order valence-corrected chi connectivity index (χ3v) is 1.63. The molecule has 1 aromatic carbocycles. The Morgan fingerprint density at radius 1 is 1.33 bits per heavy atom. The summed E-state index contributed by atoms with van der Waals surface area (Å²) in [7, 11) is 0. The minimum absolute atomic E-state index is 0.369. The lowest BCUT2D eigenvalue weighted by molar-refractivity contribution is -0.137. The van der Waals surface area contributed by atoms with Crippen molar-refractivity contribution >= 4 is 5.97 Å². The van der Waals surface area contributed by atoms with Crippen molar-refractivity contribution in [2.24, 2.45) is 0 Å². The van der Waals surface area contributed by atoms with Gasteiger partial charge in [-0.15, -0.1) is 0 Å². The molecule has 0 atom stereocenters. The number of benzene rings is 1. The Labute approximate surface area is 89.3 Å². The minimum atomic E-state index is -0.383. The zero-order valence-electron chi connectivity index (χ0n) is 8.90. The lowest BCUT2D eigenvalue weighted by atomic mass is 10.3. The van der Waals surface area contributed by atoms with Gasteiger partial charge in [-0.2, -0.15) is 0 Å². The van der Waals surface area contributed by atoms with E-state index in [4.69, 9.17) is 9.47 Å². The summed E-state index contributed by atoms with van der Waals surface area (Å²) in [5, 5.41) is 0. The molecule has 0 fully saturated rings. The van der Waals surface area contributed by atoms with Crippen LogP contribution in [0.1, 0.15) is 13.8 Å². The predicted octanol–water partition coefficient (Wildman–Crippen LogP) is 2.53. The Hall–Kier alpha value is -1.77. The molecule has 80 valence electrons. The van der Waals surface area contributed by atoms with E-state index < -0.39 is 0 Å². The Balaban J connectivity index is 2.55. The highest BCUT2D eigenvalue weighted by atomic mass is 16.5. The standard InChI is InChI=1S/C12H14O3/c1-3-14-12(13)9-10(2)15-11-7-5-4-6-8-11/h4-9H,3H2,1-2H3/b10-9-. The highest BCUT2D eigenvalue weighted by Crippen LogP contribution is 2.12. The quantitative estimate of drug-likeness (QED) is 0.431. The van der Waals surface area contributed by atoms with Crippen LogP contribution in [-0.4, -0.2) is 12.6 Å². The Bertz CT molecular complexity index is 341. The molecule has 1 rings (SSSR count). The highest BCUT2D eigenvalue weighted by Gasteiger charge is 1.99. The molecule has 0 unspecified atom stereocenters. The molecule has 0 spiro atoms. The smallest absolute Gasteiger partial charge is 0.334 e.